The second-order valence-electron chi connectivity index (χ2n) is 3.83. The summed E-state index contributed by atoms with van der Waals surface area (Å²) in [6.45, 7) is 2.17. The maximum atomic E-state index is 5.46. The van der Waals surface area contributed by atoms with Crippen LogP contribution in [0.1, 0.15) is 12.5 Å². The van der Waals surface area contributed by atoms with Gasteiger partial charge in [-0.3, -0.25) is 0 Å². The molecule has 0 radical (unpaired) electrons. The maximum Gasteiger partial charge on any atom is 0.113 e. The summed E-state index contributed by atoms with van der Waals surface area (Å²) < 4.78 is 5.46. The number of hydrogen-bond acceptors (Lipinski definition) is 1. The molecule has 0 spiro atoms. The molecule has 14 heavy (non-hydrogen) atoms. The molecule has 1 heterocycles. The van der Waals surface area contributed by atoms with E-state index in [0.717, 1.165) is 0 Å². The number of rotatable bonds is 1. The van der Waals surface area contributed by atoms with Crippen molar-refractivity contribution in [2.75, 3.05) is 0 Å². The van der Waals surface area contributed by atoms with Gasteiger partial charge in [0.2, 0.25) is 0 Å². The van der Waals surface area contributed by atoms with Gasteiger partial charge in [-0.1, -0.05) is 42.5 Å². The average Bonchev–Trinajstić information content (AvgIpc) is 2.91. The van der Waals surface area contributed by atoms with Crippen LogP contribution in [-0.2, 0) is 4.74 Å². The monoisotopic (exact) mass is 184 g/mol. The Morgan fingerprint density at radius 1 is 1.21 bits per heavy atom. The second kappa shape index (κ2) is 2.82. The zero-order valence-corrected chi connectivity index (χ0v) is 8.10. The fourth-order valence-electron chi connectivity index (χ4n) is 2.01. The van der Waals surface area contributed by atoms with Crippen molar-refractivity contribution < 1.29 is 4.74 Å². The van der Waals surface area contributed by atoms with Gasteiger partial charge in [0.15, 0.2) is 0 Å². The minimum atomic E-state index is 0.357. The third kappa shape index (κ3) is 1.13. The molecule has 0 saturated carbocycles. The smallest absolute Gasteiger partial charge is 0.113 e. The molecular weight excluding hydrogens is 172 g/mol. The van der Waals surface area contributed by atoms with E-state index in [1.54, 1.807) is 0 Å². The van der Waals surface area contributed by atoms with Crippen LogP contribution in [-0.4, -0.2) is 12.2 Å². The first-order valence-corrected chi connectivity index (χ1v) is 4.96. The van der Waals surface area contributed by atoms with Crippen LogP contribution in [0.3, 0.4) is 0 Å². The van der Waals surface area contributed by atoms with Crippen LogP contribution in [0.15, 0.2) is 48.1 Å². The lowest BCUT2D eigenvalue weighted by Gasteiger charge is -2.04. The third-order valence-electron chi connectivity index (χ3n) is 2.94. The number of allylic oxidation sites excluding steroid dienone is 1. The van der Waals surface area contributed by atoms with Crippen molar-refractivity contribution in [2.45, 2.75) is 19.1 Å². The van der Waals surface area contributed by atoms with Gasteiger partial charge in [-0.25, -0.2) is 0 Å². The van der Waals surface area contributed by atoms with Crippen molar-refractivity contribution in [3.63, 3.8) is 0 Å². The van der Waals surface area contributed by atoms with E-state index in [9.17, 15) is 0 Å². The first-order valence-electron chi connectivity index (χ1n) is 4.96. The fourth-order valence-corrected chi connectivity index (χ4v) is 2.01. The van der Waals surface area contributed by atoms with E-state index in [0.29, 0.717) is 12.2 Å². The summed E-state index contributed by atoms with van der Waals surface area (Å²) in [7, 11) is 0. The van der Waals surface area contributed by atoms with Crippen LogP contribution in [0.5, 0.6) is 0 Å². The molecule has 1 fully saturated rings. The molecule has 2 aliphatic rings. The maximum absolute atomic E-state index is 5.46. The average molecular weight is 184 g/mol. The van der Waals surface area contributed by atoms with Gasteiger partial charge in [0.05, 0.1) is 0 Å². The summed E-state index contributed by atoms with van der Waals surface area (Å²) >= 11 is 0. The van der Waals surface area contributed by atoms with Crippen LogP contribution in [0.25, 0.3) is 5.57 Å². The molecule has 70 valence electrons. The number of epoxide rings is 1. The summed E-state index contributed by atoms with van der Waals surface area (Å²) in [5.41, 5.74) is 3.98. The highest BCUT2D eigenvalue weighted by atomic mass is 16.6. The number of fused-ring (bicyclic) bond motifs is 1. The lowest BCUT2D eigenvalue weighted by atomic mass is 10.0. The van der Waals surface area contributed by atoms with Crippen LogP contribution < -0.4 is 0 Å². The zero-order chi connectivity index (χ0) is 9.54. The summed E-state index contributed by atoms with van der Waals surface area (Å²) in [5.74, 6) is 0. The Hall–Kier alpha value is -1.34. The first-order chi connectivity index (χ1) is 6.86. The molecule has 3 rings (SSSR count). The van der Waals surface area contributed by atoms with E-state index in [1.807, 2.05) is 6.07 Å². The minimum absolute atomic E-state index is 0.357. The predicted octanol–water partition coefficient (Wildman–Crippen LogP) is 2.80. The van der Waals surface area contributed by atoms with E-state index >= 15 is 0 Å². The van der Waals surface area contributed by atoms with Crippen molar-refractivity contribution >= 4 is 5.57 Å². The molecule has 2 unspecified atom stereocenters. The van der Waals surface area contributed by atoms with Gasteiger partial charge in [-0.15, -0.1) is 0 Å². The molecular formula is C13H12O. The summed E-state index contributed by atoms with van der Waals surface area (Å²) in [6, 6.07) is 10.5. The molecule has 1 nitrogen and oxygen atoms in total. The molecule has 0 bridgehead atoms. The van der Waals surface area contributed by atoms with Crippen LogP contribution in [0.2, 0.25) is 0 Å². The van der Waals surface area contributed by atoms with Gasteiger partial charge >= 0.3 is 0 Å². The summed E-state index contributed by atoms with van der Waals surface area (Å²) in [6.07, 6.45) is 5.08. The van der Waals surface area contributed by atoms with Crippen molar-refractivity contribution in [3.05, 3.63) is 53.6 Å². The predicted molar refractivity (Wildman–Crippen MR) is 56.8 cm³/mol. The Labute approximate surface area is 83.7 Å². The fraction of sp³-hybridized carbons (Fsp3) is 0.231. The summed E-state index contributed by atoms with van der Waals surface area (Å²) in [4.78, 5) is 0. The SMILES string of the molecule is CC(=C1C=CC2OC12)c1ccccc1. The Bertz CT molecular complexity index is 414. The summed E-state index contributed by atoms with van der Waals surface area (Å²) in [5, 5.41) is 0. The van der Waals surface area contributed by atoms with Gasteiger partial charge < -0.3 is 4.74 Å². The molecule has 1 saturated heterocycles. The Kier molecular flexibility index (Phi) is 1.62. The number of benzene rings is 1. The van der Waals surface area contributed by atoms with Gasteiger partial charge in [0.25, 0.3) is 0 Å². The van der Waals surface area contributed by atoms with Crippen molar-refractivity contribution in [1.82, 2.24) is 0 Å². The van der Waals surface area contributed by atoms with Crippen LogP contribution >= 0.6 is 0 Å². The number of hydrogen-bond donors (Lipinski definition) is 0. The van der Waals surface area contributed by atoms with Crippen molar-refractivity contribution in [1.29, 1.82) is 0 Å². The van der Waals surface area contributed by atoms with Gasteiger partial charge in [0.1, 0.15) is 12.2 Å². The lowest BCUT2D eigenvalue weighted by molar-refractivity contribution is 0.404. The molecule has 1 heteroatoms. The molecule has 0 aromatic heterocycles. The standard InChI is InChI=1S/C13H12O/c1-9(10-5-3-2-4-6-10)11-7-8-12-13(11)14-12/h2-8,12-13H,1H3. The highest BCUT2D eigenvalue weighted by Crippen LogP contribution is 2.40. The third-order valence-corrected chi connectivity index (χ3v) is 2.94. The Balaban J connectivity index is 2.03. The van der Waals surface area contributed by atoms with E-state index in [2.05, 4.69) is 43.3 Å². The van der Waals surface area contributed by atoms with Gasteiger partial charge in [-0.2, -0.15) is 0 Å². The molecule has 0 N–H and O–H groups in total. The second-order valence-corrected chi connectivity index (χ2v) is 3.83. The van der Waals surface area contributed by atoms with Crippen molar-refractivity contribution in [3.8, 4) is 0 Å². The van der Waals surface area contributed by atoms with Gasteiger partial charge in [-0.05, 0) is 23.6 Å². The van der Waals surface area contributed by atoms with E-state index in [1.165, 1.54) is 16.7 Å². The molecule has 2 atom stereocenters. The highest BCUT2D eigenvalue weighted by molar-refractivity contribution is 5.72. The Morgan fingerprint density at radius 3 is 2.57 bits per heavy atom. The molecule has 0 amide bonds. The molecule has 1 aromatic rings. The highest BCUT2D eigenvalue weighted by Gasteiger charge is 2.43. The van der Waals surface area contributed by atoms with Crippen LogP contribution in [0.4, 0.5) is 0 Å². The number of ether oxygens (including phenoxy) is 1. The van der Waals surface area contributed by atoms with Gasteiger partial charge in [0, 0.05) is 0 Å². The van der Waals surface area contributed by atoms with E-state index in [4.69, 9.17) is 4.74 Å². The van der Waals surface area contributed by atoms with Crippen LogP contribution in [0, 0.1) is 0 Å². The van der Waals surface area contributed by atoms with Crippen molar-refractivity contribution in [2.24, 2.45) is 0 Å². The molecule has 1 aliphatic carbocycles. The zero-order valence-electron chi connectivity index (χ0n) is 8.10. The normalized spacial score (nSPS) is 31.5. The Morgan fingerprint density at radius 2 is 2.00 bits per heavy atom. The minimum Gasteiger partial charge on any atom is -0.360 e. The molecule has 1 aromatic carbocycles. The topological polar surface area (TPSA) is 12.5 Å². The lowest BCUT2D eigenvalue weighted by Crippen LogP contribution is -1.91. The first kappa shape index (κ1) is 8.01. The quantitative estimate of drug-likeness (QED) is 0.611. The van der Waals surface area contributed by atoms with E-state index < -0.39 is 0 Å². The largest absolute Gasteiger partial charge is 0.360 e. The molecule has 1 aliphatic heterocycles. The van der Waals surface area contributed by atoms with E-state index in [-0.39, 0.29) is 0 Å².